The van der Waals surface area contributed by atoms with E-state index in [2.05, 4.69) is 22.4 Å². The van der Waals surface area contributed by atoms with Crippen LogP contribution < -0.4 is 5.32 Å². The van der Waals surface area contributed by atoms with Crippen LogP contribution in [-0.4, -0.2) is 32.6 Å². The van der Waals surface area contributed by atoms with Gasteiger partial charge in [-0.1, -0.05) is 41.8 Å². The minimum absolute atomic E-state index is 0.101. The Labute approximate surface area is 162 Å². The van der Waals surface area contributed by atoms with Crippen molar-refractivity contribution in [2.24, 2.45) is 17.8 Å². The molecule has 1 N–H and O–H groups in total. The van der Waals surface area contributed by atoms with Crippen LogP contribution in [0.5, 0.6) is 0 Å². The van der Waals surface area contributed by atoms with Crippen LogP contribution in [0.15, 0.2) is 8.68 Å². The van der Waals surface area contributed by atoms with Gasteiger partial charge in [0.25, 0.3) is 0 Å². The Hall–Kier alpha value is -0.270. The normalized spacial score (nSPS) is 34.2. The molecule has 4 saturated carbocycles. The predicted molar refractivity (Wildman–Crippen MR) is 105 cm³/mol. The van der Waals surface area contributed by atoms with E-state index in [1.165, 1.54) is 38.5 Å². The third kappa shape index (κ3) is 4.03. The molecule has 1 aromatic heterocycles. The van der Waals surface area contributed by atoms with Gasteiger partial charge in [-0.15, -0.1) is 10.2 Å². The summed E-state index contributed by atoms with van der Waals surface area (Å²) < 4.78 is 1.92. The van der Waals surface area contributed by atoms with E-state index in [1.807, 2.05) is 6.92 Å². The fourth-order valence-corrected chi connectivity index (χ4v) is 8.41. The quantitative estimate of drug-likeness (QED) is 0.681. The Morgan fingerprint density at radius 2 is 1.80 bits per heavy atom. The lowest BCUT2D eigenvalue weighted by molar-refractivity contribution is -0.126. The molecule has 0 aliphatic heterocycles. The Morgan fingerprint density at radius 1 is 1.20 bits per heavy atom. The van der Waals surface area contributed by atoms with Gasteiger partial charge in [0.15, 0.2) is 8.68 Å². The van der Waals surface area contributed by atoms with Gasteiger partial charge in [-0.05, 0) is 69.6 Å². The average Bonchev–Trinajstić information content (AvgIpc) is 2.98. The Balaban J connectivity index is 1.34. The molecule has 0 aromatic carbocycles. The number of hydrogen-bond donors (Lipinski definition) is 1. The minimum atomic E-state index is -0.107. The first-order valence-electron chi connectivity index (χ1n) is 9.50. The minimum Gasteiger partial charge on any atom is -0.350 e. The summed E-state index contributed by atoms with van der Waals surface area (Å²) in [5, 5.41) is 11.8. The van der Waals surface area contributed by atoms with Gasteiger partial charge in [0.2, 0.25) is 5.91 Å². The standard InChI is InChI=1S/C18H27N3OS3/c1-3-4-23-16-20-21-17(25-16)24-11(2)15(22)19-18-8-12-5-13(9-18)7-14(6-12)10-18/h11-14H,3-10H2,1-2H3,(H,19,22)/t11-,12?,13?,14?,18?/m1/s1. The number of thioether (sulfide) groups is 2. The molecule has 7 heteroatoms. The SMILES string of the molecule is CCCSc1nnc(S[C@H](C)C(=O)NC23CC4CC(CC(C4)C2)C3)s1. The molecule has 1 heterocycles. The molecule has 4 fully saturated rings. The topological polar surface area (TPSA) is 54.9 Å². The summed E-state index contributed by atoms with van der Waals surface area (Å²) >= 11 is 4.92. The van der Waals surface area contributed by atoms with E-state index in [9.17, 15) is 4.79 Å². The zero-order valence-electron chi connectivity index (χ0n) is 15.0. The monoisotopic (exact) mass is 397 g/mol. The van der Waals surface area contributed by atoms with Crippen molar-refractivity contribution >= 4 is 40.8 Å². The van der Waals surface area contributed by atoms with Crippen LogP contribution in [0.1, 0.15) is 58.8 Å². The van der Waals surface area contributed by atoms with E-state index >= 15 is 0 Å². The molecule has 1 aromatic rings. The Bertz CT molecular complexity index is 598. The molecule has 0 unspecified atom stereocenters. The molecule has 1 amide bonds. The summed E-state index contributed by atoms with van der Waals surface area (Å²) in [5.74, 6) is 3.83. The fourth-order valence-electron chi connectivity index (χ4n) is 5.32. The maximum absolute atomic E-state index is 12.8. The van der Waals surface area contributed by atoms with Gasteiger partial charge in [0.05, 0.1) is 5.25 Å². The molecular weight excluding hydrogens is 370 g/mol. The Morgan fingerprint density at radius 3 is 2.40 bits per heavy atom. The summed E-state index contributed by atoms with van der Waals surface area (Å²) in [7, 11) is 0. The zero-order valence-corrected chi connectivity index (χ0v) is 17.4. The van der Waals surface area contributed by atoms with E-state index in [1.54, 1.807) is 34.9 Å². The molecule has 0 radical (unpaired) electrons. The Kier molecular flexibility index (Phi) is 5.35. The van der Waals surface area contributed by atoms with Gasteiger partial charge in [-0.25, -0.2) is 0 Å². The lowest BCUT2D eigenvalue weighted by Crippen LogP contribution is -2.60. The van der Waals surface area contributed by atoms with Crippen LogP contribution in [0.4, 0.5) is 0 Å². The van der Waals surface area contributed by atoms with Crippen molar-refractivity contribution in [2.75, 3.05) is 5.75 Å². The van der Waals surface area contributed by atoms with Crippen molar-refractivity contribution < 1.29 is 4.79 Å². The molecule has 1 atom stereocenters. The van der Waals surface area contributed by atoms with E-state index in [0.717, 1.165) is 38.6 Å². The average molecular weight is 398 g/mol. The highest BCUT2D eigenvalue weighted by molar-refractivity contribution is 8.03. The first-order chi connectivity index (χ1) is 12.0. The number of hydrogen-bond acceptors (Lipinski definition) is 6. The third-order valence-corrected chi connectivity index (χ3v) is 9.34. The second kappa shape index (κ2) is 7.39. The molecular formula is C18H27N3OS3. The summed E-state index contributed by atoms with van der Waals surface area (Å²) in [4.78, 5) is 12.8. The van der Waals surface area contributed by atoms with Gasteiger partial charge in [-0.3, -0.25) is 4.79 Å². The molecule has 0 saturated heterocycles. The van der Waals surface area contributed by atoms with E-state index in [4.69, 9.17) is 0 Å². The molecule has 138 valence electrons. The number of rotatable bonds is 7. The predicted octanol–water partition coefficient (Wildman–Crippen LogP) is 4.61. The number of nitrogens with zero attached hydrogens (tertiary/aromatic N) is 2. The van der Waals surface area contributed by atoms with Crippen molar-refractivity contribution in [3.8, 4) is 0 Å². The highest BCUT2D eigenvalue weighted by atomic mass is 32.2. The smallest absolute Gasteiger partial charge is 0.233 e. The second-order valence-electron chi connectivity index (χ2n) is 8.13. The van der Waals surface area contributed by atoms with Gasteiger partial charge < -0.3 is 5.32 Å². The molecule has 4 aliphatic carbocycles. The third-order valence-electron chi connectivity index (χ3n) is 5.89. The van der Waals surface area contributed by atoms with Crippen LogP contribution in [0.3, 0.4) is 0 Å². The van der Waals surface area contributed by atoms with Crippen molar-refractivity contribution in [1.29, 1.82) is 0 Å². The van der Waals surface area contributed by atoms with Gasteiger partial charge in [0, 0.05) is 11.3 Å². The number of amides is 1. The van der Waals surface area contributed by atoms with Crippen LogP contribution in [-0.2, 0) is 4.79 Å². The number of nitrogens with one attached hydrogen (secondary N) is 1. The maximum Gasteiger partial charge on any atom is 0.233 e. The van der Waals surface area contributed by atoms with E-state index in [0.29, 0.717) is 0 Å². The zero-order chi connectivity index (χ0) is 17.4. The number of carbonyl (C=O) groups excluding carboxylic acids is 1. The first-order valence-corrected chi connectivity index (χ1v) is 12.2. The summed E-state index contributed by atoms with van der Waals surface area (Å²) in [5.41, 5.74) is 0.101. The van der Waals surface area contributed by atoms with E-state index in [-0.39, 0.29) is 16.7 Å². The lowest BCUT2D eigenvalue weighted by atomic mass is 9.53. The molecule has 0 spiro atoms. The van der Waals surface area contributed by atoms with Crippen LogP contribution in [0, 0.1) is 17.8 Å². The van der Waals surface area contributed by atoms with Gasteiger partial charge in [-0.2, -0.15) is 0 Å². The highest BCUT2D eigenvalue weighted by Crippen LogP contribution is 2.55. The highest BCUT2D eigenvalue weighted by Gasteiger charge is 2.51. The van der Waals surface area contributed by atoms with Crippen molar-refractivity contribution in [2.45, 2.75) is 78.3 Å². The van der Waals surface area contributed by atoms with Crippen LogP contribution >= 0.6 is 34.9 Å². The van der Waals surface area contributed by atoms with Crippen molar-refractivity contribution in [1.82, 2.24) is 15.5 Å². The lowest BCUT2D eigenvalue weighted by Gasteiger charge is -2.57. The largest absolute Gasteiger partial charge is 0.350 e. The van der Waals surface area contributed by atoms with Crippen molar-refractivity contribution in [3.05, 3.63) is 0 Å². The summed E-state index contributed by atoms with van der Waals surface area (Å²) in [6.07, 6.45) is 8.97. The second-order valence-corrected chi connectivity index (χ2v) is 12.0. The molecule has 4 bridgehead atoms. The van der Waals surface area contributed by atoms with E-state index < -0.39 is 0 Å². The summed E-state index contributed by atoms with van der Waals surface area (Å²) in [6, 6.07) is 0. The summed E-state index contributed by atoms with van der Waals surface area (Å²) in [6.45, 7) is 4.17. The molecule has 4 aliphatic rings. The fraction of sp³-hybridized carbons (Fsp3) is 0.833. The number of aromatic nitrogens is 2. The first kappa shape index (κ1) is 18.1. The van der Waals surface area contributed by atoms with Gasteiger partial charge >= 0.3 is 0 Å². The van der Waals surface area contributed by atoms with Crippen molar-refractivity contribution in [3.63, 3.8) is 0 Å². The molecule has 5 rings (SSSR count). The molecule has 4 nitrogen and oxygen atoms in total. The van der Waals surface area contributed by atoms with Crippen LogP contribution in [0.2, 0.25) is 0 Å². The maximum atomic E-state index is 12.8. The van der Waals surface area contributed by atoms with Crippen LogP contribution in [0.25, 0.3) is 0 Å². The molecule has 25 heavy (non-hydrogen) atoms. The number of carbonyl (C=O) groups is 1. The van der Waals surface area contributed by atoms with Gasteiger partial charge in [0.1, 0.15) is 0 Å².